The molecule has 1 fully saturated rings. The van der Waals surface area contributed by atoms with Gasteiger partial charge in [0.25, 0.3) is 0 Å². The normalized spacial score (nSPS) is 20.9. The molecule has 2 nitrogen and oxygen atoms in total. The van der Waals surface area contributed by atoms with Crippen LogP contribution >= 0.6 is 15.9 Å². The maximum atomic E-state index is 6.02. The summed E-state index contributed by atoms with van der Waals surface area (Å²) in [5.41, 5.74) is 8.08. The number of halogens is 1. The second-order valence-corrected chi connectivity index (χ2v) is 5.13. The summed E-state index contributed by atoms with van der Waals surface area (Å²) in [6.45, 7) is 4.56. The van der Waals surface area contributed by atoms with Gasteiger partial charge in [-0.15, -0.1) is 0 Å². The Morgan fingerprint density at radius 2 is 2.33 bits per heavy atom. The van der Waals surface area contributed by atoms with E-state index in [1.807, 2.05) is 6.07 Å². The predicted octanol–water partition coefficient (Wildman–Crippen LogP) is 3.27. The molecular formula is C12H17BrN2. The number of hydrogen-bond acceptors (Lipinski definition) is 2. The Morgan fingerprint density at radius 1 is 1.53 bits per heavy atom. The molecule has 1 aliphatic rings. The average Bonchev–Trinajstić information content (AvgIpc) is 2.66. The van der Waals surface area contributed by atoms with Crippen molar-refractivity contribution in [2.24, 2.45) is 5.92 Å². The number of anilines is 2. The van der Waals surface area contributed by atoms with Crippen LogP contribution in [0, 0.1) is 5.92 Å². The molecule has 1 aromatic carbocycles. The number of hydrogen-bond donors (Lipinski definition) is 1. The Hall–Kier alpha value is -0.700. The van der Waals surface area contributed by atoms with Crippen LogP contribution in [0.3, 0.4) is 0 Å². The summed E-state index contributed by atoms with van der Waals surface area (Å²) in [5.74, 6) is 0.841. The molecule has 1 unspecified atom stereocenters. The minimum Gasteiger partial charge on any atom is -0.397 e. The number of nitrogens with two attached hydrogens (primary N) is 1. The van der Waals surface area contributed by atoms with Crippen LogP contribution in [0.15, 0.2) is 22.7 Å². The second kappa shape index (κ2) is 4.44. The molecule has 1 aliphatic heterocycles. The summed E-state index contributed by atoms with van der Waals surface area (Å²) < 4.78 is 1.05. The highest BCUT2D eigenvalue weighted by atomic mass is 79.9. The molecule has 0 radical (unpaired) electrons. The standard InChI is InChI=1S/C12H17BrN2/c1-2-9-5-6-15(8-9)12-4-3-10(13)7-11(12)14/h3-4,7,9H,2,5-6,8,14H2,1H3. The Morgan fingerprint density at radius 3 is 2.93 bits per heavy atom. The molecule has 15 heavy (non-hydrogen) atoms. The second-order valence-electron chi connectivity index (χ2n) is 4.21. The van der Waals surface area contributed by atoms with Gasteiger partial charge in [0.15, 0.2) is 0 Å². The highest BCUT2D eigenvalue weighted by Gasteiger charge is 2.22. The average molecular weight is 269 g/mol. The van der Waals surface area contributed by atoms with Crippen molar-refractivity contribution >= 4 is 27.3 Å². The number of rotatable bonds is 2. The zero-order chi connectivity index (χ0) is 10.8. The summed E-state index contributed by atoms with van der Waals surface area (Å²) in [4.78, 5) is 2.40. The molecule has 1 atom stereocenters. The zero-order valence-corrected chi connectivity index (χ0v) is 10.6. The van der Waals surface area contributed by atoms with Gasteiger partial charge in [0.1, 0.15) is 0 Å². The monoisotopic (exact) mass is 268 g/mol. The lowest BCUT2D eigenvalue weighted by Gasteiger charge is -2.20. The van der Waals surface area contributed by atoms with Crippen molar-refractivity contribution in [1.82, 2.24) is 0 Å². The Labute approximate surface area is 99.6 Å². The highest BCUT2D eigenvalue weighted by Crippen LogP contribution is 2.31. The topological polar surface area (TPSA) is 29.3 Å². The quantitative estimate of drug-likeness (QED) is 0.835. The van der Waals surface area contributed by atoms with Crippen LogP contribution < -0.4 is 10.6 Å². The molecule has 1 heterocycles. The maximum absolute atomic E-state index is 6.02. The van der Waals surface area contributed by atoms with E-state index in [1.54, 1.807) is 0 Å². The van der Waals surface area contributed by atoms with E-state index in [9.17, 15) is 0 Å². The number of nitrogen functional groups attached to an aromatic ring is 1. The number of benzene rings is 1. The summed E-state index contributed by atoms with van der Waals surface area (Å²) >= 11 is 3.43. The van der Waals surface area contributed by atoms with E-state index in [-0.39, 0.29) is 0 Å². The van der Waals surface area contributed by atoms with Gasteiger partial charge < -0.3 is 10.6 Å². The largest absolute Gasteiger partial charge is 0.397 e. The third-order valence-electron chi connectivity index (χ3n) is 3.19. The minimum absolute atomic E-state index is 0.841. The summed E-state index contributed by atoms with van der Waals surface area (Å²) in [7, 11) is 0. The SMILES string of the molecule is CCC1CCN(c2ccc(Br)cc2N)C1. The van der Waals surface area contributed by atoms with Gasteiger partial charge in [0.05, 0.1) is 11.4 Å². The first kappa shape index (κ1) is 10.8. The van der Waals surface area contributed by atoms with Gasteiger partial charge in [-0.1, -0.05) is 29.3 Å². The van der Waals surface area contributed by atoms with Crippen LogP contribution in [-0.4, -0.2) is 13.1 Å². The van der Waals surface area contributed by atoms with Crippen molar-refractivity contribution in [2.75, 3.05) is 23.7 Å². The van der Waals surface area contributed by atoms with Crippen LogP contribution in [0.25, 0.3) is 0 Å². The Balaban J connectivity index is 2.17. The number of nitrogens with zero attached hydrogens (tertiary/aromatic N) is 1. The Bertz CT molecular complexity index is 351. The van der Waals surface area contributed by atoms with Gasteiger partial charge >= 0.3 is 0 Å². The van der Waals surface area contributed by atoms with E-state index in [4.69, 9.17) is 5.73 Å². The minimum atomic E-state index is 0.841. The van der Waals surface area contributed by atoms with Crippen molar-refractivity contribution < 1.29 is 0 Å². The van der Waals surface area contributed by atoms with Crippen molar-refractivity contribution in [1.29, 1.82) is 0 Å². The van der Waals surface area contributed by atoms with Crippen LogP contribution in [-0.2, 0) is 0 Å². The summed E-state index contributed by atoms with van der Waals surface area (Å²) in [6, 6.07) is 6.15. The molecule has 1 aromatic rings. The van der Waals surface area contributed by atoms with Crippen LogP contribution in [0.2, 0.25) is 0 Å². The van der Waals surface area contributed by atoms with Gasteiger partial charge in [-0.05, 0) is 30.5 Å². The molecule has 0 bridgehead atoms. The fraction of sp³-hybridized carbons (Fsp3) is 0.500. The van der Waals surface area contributed by atoms with Crippen LogP contribution in [0.1, 0.15) is 19.8 Å². The fourth-order valence-electron chi connectivity index (χ4n) is 2.20. The maximum Gasteiger partial charge on any atom is 0.0600 e. The molecule has 0 aliphatic carbocycles. The zero-order valence-electron chi connectivity index (χ0n) is 9.04. The first-order valence-electron chi connectivity index (χ1n) is 5.50. The smallest absolute Gasteiger partial charge is 0.0600 e. The van der Waals surface area contributed by atoms with E-state index in [2.05, 4.69) is 39.9 Å². The lowest BCUT2D eigenvalue weighted by molar-refractivity contribution is 0.569. The van der Waals surface area contributed by atoms with Crippen LogP contribution in [0.5, 0.6) is 0 Å². The molecule has 2 N–H and O–H groups in total. The molecule has 82 valence electrons. The summed E-state index contributed by atoms with van der Waals surface area (Å²) in [5, 5.41) is 0. The molecular weight excluding hydrogens is 252 g/mol. The third-order valence-corrected chi connectivity index (χ3v) is 3.69. The van der Waals surface area contributed by atoms with Crippen molar-refractivity contribution in [3.05, 3.63) is 22.7 Å². The van der Waals surface area contributed by atoms with E-state index in [0.717, 1.165) is 29.2 Å². The van der Waals surface area contributed by atoms with Gasteiger partial charge in [0.2, 0.25) is 0 Å². The molecule has 0 amide bonds. The lowest BCUT2D eigenvalue weighted by Crippen LogP contribution is -2.20. The molecule has 0 spiro atoms. The van der Waals surface area contributed by atoms with Crippen LogP contribution in [0.4, 0.5) is 11.4 Å². The molecule has 2 rings (SSSR count). The third kappa shape index (κ3) is 2.28. The predicted molar refractivity (Wildman–Crippen MR) is 69.2 cm³/mol. The molecule has 0 aromatic heterocycles. The van der Waals surface area contributed by atoms with E-state index < -0.39 is 0 Å². The van der Waals surface area contributed by atoms with E-state index in [1.165, 1.54) is 18.5 Å². The lowest BCUT2D eigenvalue weighted by atomic mass is 10.1. The molecule has 0 saturated carbocycles. The van der Waals surface area contributed by atoms with Gasteiger partial charge in [-0.3, -0.25) is 0 Å². The first-order chi connectivity index (χ1) is 7.20. The van der Waals surface area contributed by atoms with Gasteiger partial charge in [0, 0.05) is 17.6 Å². The molecule has 1 saturated heterocycles. The Kier molecular flexibility index (Phi) is 3.19. The first-order valence-corrected chi connectivity index (χ1v) is 6.30. The highest BCUT2D eigenvalue weighted by molar-refractivity contribution is 9.10. The van der Waals surface area contributed by atoms with Crippen molar-refractivity contribution in [3.8, 4) is 0 Å². The summed E-state index contributed by atoms with van der Waals surface area (Å²) in [6.07, 6.45) is 2.57. The van der Waals surface area contributed by atoms with E-state index >= 15 is 0 Å². The van der Waals surface area contributed by atoms with Gasteiger partial charge in [-0.25, -0.2) is 0 Å². The van der Waals surface area contributed by atoms with Crippen molar-refractivity contribution in [3.63, 3.8) is 0 Å². The van der Waals surface area contributed by atoms with Gasteiger partial charge in [-0.2, -0.15) is 0 Å². The van der Waals surface area contributed by atoms with E-state index in [0.29, 0.717) is 0 Å². The fourth-order valence-corrected chi connectivity index (χ4v) is 2.58. The van der Waals surface area contributed by atoms with Crippen molar-refractivity contribution in [2.45, 2.75) is 19.8 Å². The molecule has 3 heteroatoms.